The zero-order valence-electron chi connectivity index (χ0n) is 18.0. The summed E-state index contributed by atoms with van der Waals surface area (Å²) in [6, 6.07) is 22.8. The Balaban J connectivity index is 1.55. The molecule has 30 heavy (non-hydrogen) atoms. The van der Waals surface area contributed by atoms with Gasteiger partial charge in [-0.2, -0.15) is 0 Å². The van der Waals surface area contributed by atoms with E-state index in [1.807, 2.05) is 0 Å². The van der Waals surface area contributed by atoms with Crippen LogP contribution in [0.15, 0.2) is 72.8 Å². The fraction of sp³-hybridized carbons (Fsp3) is 0.267. The van der Waals surface area contributed by atoms with Gasteiger partial charge in [-0.15, -0.1) is 0 Å². The van der Waals surface area contributed by atoms with Crippen molar-refractivity contribution in [1.29, 1.82) is 0 Å². The van der Waals surface area contributed by atoms with E-state index in [1.165, 1.54) is 75.8 Å². The zero-order valence-corrected chi connectivity index (χ0v) is 18.0. The minimum absolute atomic E-state index is 1.05. The summed E-state index contributed by atoms with van der Waals surface area (Å²) in [5.41, 5.74) is 12.8. The van der Waals surface area contributed by atoms with Crippen LogP contribution < -0.4 is 0 Å². The maximum atomic E-state index is 2.51. The molecular formula is C30H30. The molecule has 0 bridgehead atoms. The molecule has 0 amide bonds. The summed E-state index contributed by atoms with van der Waals surface area (Å²) < 4.78 is 0. The van der Waals surface area contributed by atoms with Crippen LogP contribution in [0.3, 0.4) is 0 Å². The lowest BCUT2D eigenvalue weighted by molar-refractivity contribution is 0.675. The first kappa shape index (κ1) is 19.1. The number of hydrogen-bond donors (Lipinski definition) is 0. The summed E-state index contributed by atoms with van der Waals surface area (Å²) in [6.07, 6.45) is 15.6. The first-order valence-electron chi connectivity index (χ1n) is 11.6. The fourth-order valence-corrected chi connectivity index (χ4v) is 5.04. The third-order valence-electron chi connectivity index (χ3n) is 6.64. The van der Waals surface area contributed by atoms with Crippen molar-refractivity contribution >= 4 is 11.6 Å². The summed E-state index contributed by atoms with van der Waals surface area (Å²) in [4.78, 5) is 0. The van der Waals surface area contributed by atoms with Crippen molar-refractivity contribution in [1.82, 2.24) is 0 Å². The van der Waals surface area contributed by atoms with Gasteiger partial charge in [-0.05, 0) is 81.8 Å². The van der Waals surface area contributed by atoms with Gasteiger partial charge in [0, 0.05) is 0 Å². The number of hydrogen-bond acceptors (Lipinski definition) is 0. The van der Waals surface area contributed by atoms with Crippen molar-refractivity contribution in [2.75, 3.05) is 0 Å². The molecule has 0 atom stereocenters. The van der Waals surface area contributed by atoms with E-state index in [0.717, 1.165) is 19.3 Å². The van der Waals surface area contributed by atoms with Crippen LogP contribution in [0.4, 0.5) is 0 Å². The molecule has 0 saturated carbocycles. The summed E-state index contributed by atoms with van der Waals surface area (Å²) in [6.45, 7) is 2.28. The average molecular weight is 391 g/mol. The van der Waals surface area contributed by atoms with Gasteiger partial charge in [-0.1, -0.05) is 99.0 Å². The summed E-state index contributed by atoms with van der Waals surface area (Å²) in [7, 11) is 0. The van der Waals surface area contributed by atoms with E-state index in [1.54, 1.807) is 0 Å². The van der Waals surface area contributed by atoms with Crippen LogP contribution >= 0.6 is 0 Å². The fourth-order valence-electron chi connectivity index (χ4n) is 5.04. The topological polar surface area (TPSA) is 0 Å². The average Bonchev–Trinajstić information content (AvgIpc) is 3.40. The largest absolute Gasteiger partial charge is 0.0795 e. The highest BCUT2D eigenvalue weighted by atomic mass is 14.2. The van der Waals surface area contributed by atoms with Gasteiger partial charge in [-0.3, -0.25) is 0 Å². The van der Waals surface area contributed by atoms with E-state index in [2.05, 4.69) is 85.8 Å². The Hall–Kier alpha value is -2.86. The lowest BCUT2D eigenvalue weighted by Crippen LogP contribution is -1.96. The lowest BCUT2D eigenvalue weighted by atomic mass is 9.89. The van der Waals surface area contributed by atoms with E-state index < -0.39 is 0 Å². The quantitative estimate of drug-likeness (QED) is 0.279. The first-order chi connectivity index (χ1) is 14.8. The van der Waals surface area contributed by atoms with E-state index in [0.29, 0.717) is 0 Å². The van der Waals surface area contributed by atoms with Gasteiger partial charge in [0.05, 0.1) is 0 Å². The van der Waals surface area contributed by atoms with Gasteiger partial charge in [-0.25, -0.2) is 0 Å². The number of rotatable bonds is 7. The van der Waals surface area contributed by atoms with Crippen LogP contribution in [0.1, 0.15) is 72.4 Å². The van der Waals surface area contributed by atoms with Gasteiger partial charge in [0.2, 0.25) is 0 Å². The molecule has 150 valence electrons. The van der Waals surface area contributed by atoms with Crippen LogP contribution in [-0.2, 0) is 12.8 Å². The highest BCUT2D eigenvalue weighted by Crippen LogP contribution is 2.40. The minimum atomic E-state index is 1.05. The summed E-state index contributed by atoms with van der Waals surface area (Å²) in [5, 5.41) is 0. The molecule has 3 aromatic rings. The molecule has 0 nitrogen and oxygen atoms in total. The van der Waals surface area contributed by atoms with E-state index in [9.17, 15) is 0 Å². The normalized spacial score (nSPS) is 14.0. The maximum Gasteiger partial charge on any atom is -0.00134 e. The summed E-state index contributed by atoms with van der Waals surface area (Å²) >= 11 is 0. The molecule has 0 aliphatic heterocycles. The standard InChI is InChI=1S/C30H30/c1-2-3-4-5-6-14-27(29-17-10-13-22-12-9-16-26(22)29)25-19-18-24-20-23-11-7-8-15-28(23)30(24)21-25/h7-15,17-19,21H,2-6,16,20H2,1H3. The lowest BCUT2D eigenvalue weighted by Gasteiger charge is -2.15. The van der Waals surface area contributed by atoms with E-state index in [-0.39, 0.29) is 0 Å². The Morgan fingerprint density at radius 3 is 2.70 bits per heavy atom. The van der Waals surface area contributed by atoms with Crippen molar-refractivity contribution in [2.45, 2.75) is 51.9 Å². The second-order valence-corrected chi connectivity index (χ2v) is 8.65. The summed E-state index contributed by atoms with van der Waals surface area (Å²) in [5.74, 6) is 0. The Bertz CT molecular complexity index is 1130. The molecule has 5 rings (SSSR count). The number of fused-ring (bicyclic) bond motifs is 4. The Morgan fingerprint density at radius 2 is 1.77 bits per heavy atom. The first-order valence-corrected chi connectivity index (χ1v) is 11.6. The van der Waals surface area contributed by atoms with Crippen molar-refractivity contribution in [3.8, 4) is 11.1 Å². The van der Waals surface area contributed by atoms with Crippen LogP contribution in [0.2, 0.25) is 0 Å². The SMILES string of the molecule is CCCCCCC=C(c1ccc2c(c1)-c1ccccc1C2)c1cccc2c1CC=C2. The molecule has 0 aromatic heterocycles. The molecule has 2 aliphatic rings. The zero-order chi connectivity index (χ0) is 20.3. The van der Waals surface area contributed by atoms with Gasteiger partial charge >= 0.3 is 0 Å². The molecule has 0 unspecified atom stereocenters. The Kier molecular flexibility index (Phi) is 5.41. The van der Waals surface area contributed by atoms with E-state index in [4.69, 9.17) is 0 Å². The minimum Gasteiger partial charge on any atom is -0.0795 e. The molecule has 3 aromatic carbocycles. The molecule has 0 N–H and O–H groups in total. The third-order valence-corrected chi connectivity index (χ3v) is 6.64. The van der Waals surface area contributed by atoms with Gasteiger partial charge in [0.15, 0.2) is 0 Å². The van der Waals surface area contributed by atoms with Crippen molar-refractivity contribution in [2.24, 2.45) is 0 Å². The molecule has 0 fully saturated rings. The van der Waals surface area contributed by atoms with Crippen LogP contribution in [0.5, 0.6) is 0 Å². The van der Waals surface area contributed by atoms with Crippen molar-refractivity contribution in [3.63, 3.8) is 0 Å². The molecule has 2 aliphatic carbocycles. The van der Waals surface area contributed by atoms with Crippen LogP contribution in [0.25, 0.3) is 22.8 Å². The second kappa shape index (κ2) is 8.48. The predicted octanol–water partition coefficient (Wildman–Crippen LogP) is 8.23. The molecule has 0 heterocycles. The molecule has 0 saturated heterocycles. The smallest absolute Gasteiger partial charge is 0.00134 e. The third kappa shape index (κ3) is 3.56. The monoisotopic (exact) mass is 390 g/mol. The van der Waals surface area contributed by atoms with Gasteiger partial charge < -0.3 is 0 Å². The second-order valence-electron chi connectivity index (χ2n) is 8.65. The van der Waals surface area contributed by atoms with Gasteiger partial charge in [0.25, 0.3) is 0 Å². The number of benzene rings is 3. The Labute approximate surface area is 181 Å². The van der Waals surface area contributed by atoms with Crippen molar-refractivity contribution < 1.29 is 0 Å². The Morgan fingerprint density at radius 1 is 0.867 bits per heavy atom. The predicted molar refractivity (Wildman–Crippen MR) is 130 cm³/mol. The molecule has 0 radical (unpaired) electrons. The van der Waals surface area contributed by atoms with Crippen molar-refractivity contribution in [3.05, 3.63) is 106 Å². The highest BCUT2D eigenvalue weighted by molar-refractivity contribution is 5.87. The maximum absolute atomic E-state index is 2.51. The van der Waals surface area contributed by atoms with Crippen LogP contribution in [0, 0.1) is 0 Å². The van der Waals surface area contributed by atoms with E-state index >= 15 is 0 Å². The molecule has 0 heteroatoms. The molecular weight excluding hydrogens is 360 g/mol. The van der Waals surface area contributed by atoms with Crippen LogP contribution in [-0.4, -0.2) is 0 Å². The molecule has 0 spiro atoms. The number of allylic oxidation sites excluding steroid dienone is 2. The highest BCUT2D eigenvalue weighted by Gasteiger charge is 2.20. The van der Waals surface area contributed by atoms with Gasteiger partial charge in [0.1, 0.15) is 0 Å². The number of unbranched alkanes of at least 4 members (excludes halogenated alkanes) is 4.